The first-order chi connectivity index (χ1) is 7.99. The van der Waals surface area contributed by atoms with Crippen LogP contribution in [0.5, 0.6) is 0 Å². The molecule has 0 spiro atoms. The van der Waals surface area contributed by atoms with Gasteiger partial charge in [0, 0.05) is 6.54 Å². The third-order valence-electron chi connectivity index (χ3n) is 2.55. The summed E-state index contributed by atoms with van der Waals surface area (Å²) in [5.74, 6) is -0.171. The quantitative estimate of drug-likeness (QED) is 0.214. The van der Waals surface area contributed by atoms with E-state index in [4.69, 9.17) is 16.6 Å². The largest absolute Gasteiger partial charge is 0.370 e. The smallest absolute Gasteiger partial charge is 0.195 e. The van der Waals surface area contributed by atoms with Crippen LogP contribution in [0, 0.1) is 10.8 Å². The highest BCUT2D eigenvalue weighted by Crippen LogP contribution is 1.94. The number of rotatable bonds is 3. The third kappa shape index (κ3) is 4.63. The van der Waals surface area contributed by atoms with Gasteiger partial charge in [0.25, 0.3) is 0 Å². The first kappa shape index (κ1) is 13.2. The lowest BCUT2D eigenvalue weighted by Gasteiger charge is -2.09. The number of hydrogen-bond donors (Lipinski definition) is 5. The molecule has 1 aromatic carbocycles. The molecule has 6 N–H and O–H groups in total. The van der Waals surface area contributed by atoms with E-state index in [0.29, 0.717) is 6.54 Å². The fourth-order valence-corrected chi connectivity index (χ4v) is 1.47. The highest BCUT2D eigenvalue weighted by molar-refractivity contribution is 6.48. The topological polar surface area (TPSA) is 97.8 Å². The van der Waals surface area contributed by atoms with E-state index in [1.54, 1.807) is 0 Å². The molecule has 0 unspecified atom stereocenters. The van der Waals surface area contributed by atoms with Gasteiger partial charge in [-0.3, -0.25) is 16.1 Å². The number of guanidine groups is 2. The van der Waals surface area contributed by atoms with Crippen LogP contribution in [0.2, 0.25) is 0 Å². The van der Waals surface area contributed by atoms with E-state index >= 15 is 0 Å². The summed E-state index contributed by atoms with van der Waals surface area (Å²) in [6.07, 6.45) is 0.836. The van der Waals surface area contributed by atoms with Gasteiger partial charge in [0.15, 0.2) is 11.9 Å². The highest BCUT2D eigenvalue weighted by atomic mass is 15.2. The van der Waals surface area contributed by atoms with E-state index < -0.39 is 0 Å². The van der Waals surface area contributed by atoms with Crippen LogP contribution in [-0.2, 0) is 6.42 Å². The van der Waals surface area contributed by atoms with Gasteiger partial charge in [-0.15, -0.1) is 0 Å². The molecule has 1 aromatic rings. The molecular weight excluding hydrogens is 212 g/mol. The minimum atomic E-state index is -0.228. The van der Waals surface area contributed by atoms with Crippen LogP contribution in [0.1, 0.15) is 5.56 Å². The average Bonchev–Trinajstić information content (AvgIpc) is 2.22. The maximum Gasteiger partial charge on any atom is 0.195 e. The standard InChI is InChI=1S/C10H17B2N5/c11-7-2-1-6(5-8(7)12)3-4-16-10(15)17-9(13)14/h1-2,5H,3-4,11-12H2,(H6,13,14,15,16,17). The molecule has 7 heteroatoms. The van der Waals surface area contributed by atoms with E-state index in [2.05, 4.69) is 44.5 Å². The summed E-state index contributed by atoms with van der Waals surface area (Å²) in [5.41, 5.74) is 8.90. The molecule has 0 amide bonds. The summed E-state index contributed by atoms with van der Waals surface area (Å²) in [6.45, 7) is 0.640. The van der Waals surface area contributed by atoms with Gasteiger partial charge >= 0.3 is 0 Å². The summed E-state index contributed by atoms with van der Waals surface area (Å²) in [4.78, 5) is 0. The number of nitrogens with one attached hydrogen (secondary N) is 4. The van der Waals surface area contributed by atoms with E-state index in [1.807, 2.05) is 0 Å². The lowest BCUT2D eigenvalue weighted by molar-refractivity contribution is 0.842. The fourth-order valence-electron chi connectivity index (χ4n) is 1.47. The second-order valence-electron chi connectivity index (χ2n) is 4.01. The van der Waals surface area contributed by atoms with Crippen molar-refractivity contribution in [3.8, 4) is 0 Å². The Hall–Kier alpha value is -1.91. The normalized spacial score (nSPS) is 9.65. The maximum atomic E-state index is 7.42. The van der Waals surface area contributed by atoms with Crippen molar-refractivity contribution in [3.63, 3.8) is 0 Å². The molecule has 17 heavy (non-hydrogen) atoms. The van der Waals surface area contributed by atoms with Gasteiger partial charge < -0.3 is 11.1 Å². The Morgan fingerprint density at radius 3 is 2.53 bits per heavy atom. The molecule has 0 fully saturated rings. The van der Waals surface area contributed by atoms with Crippen LogP contribution in [0.3, 0.4) is 0 Å². The van der Waals surface area contributed by atoms with E-state index in [9.17, 15) is 0 Å². The predicted molar refractivity (Wildman–Crippen MR) is 77.3 cm³/mol. The molecule has 0 heterocycles. The van der Waals surface area contributed by atoms with Crippen molar-refractivity contribution in [2.75, 3.05) is 6.54 Å². The first-order valence-electron chi connectivity index (χ1n) is 5.48. The zero-order chi connectivity index (χ0) is 12.8. The van der Waals surface area contributed by atoms with E-state index in [-0.39, 0.29) is 11.9 Å². The molecule has 0 aromatic heterocycles. The average molecular weight is 229 g/mol. The molecule has 0 aliphatic rings. The second-order valence-corrected chi connectivity index (χ2v) is 4.01. The molecule has 5 nitrogen and oxygen atoms in total. The van der Waals surface area contributed by atoms with Crippen LogP contribution in [-0.4, -0.2) is 34.2 Å². The molecule has 0 atom stereocenters. The minimum absolute atomic E-state index is 0.0568. The van der Waals surface area contributed by atoms with Crippen molar-refractivity contribution in [1.82, 2.24) is 10.6 Å². The Kier molecular flexibility index (Phi) is 4.63. The van der Waals surface area contributed by atoms with Crippen molar-refractivity contribution in [1.29, 1.82) is 10.8 Å². The maximum absolute atomic E-state index is 7.42. The fraction of sp³-hybridized carbons (Fsp3) is 0.200. The Bertz CT molecular complexity index is 433. The molecule has 0 radical (unpaired) electrons. The summed E-state index contributed by atoms with van der Waals surface area (Å²) in [5, 5.41) is 19.6. The van der Waals surface area contributed by atoms with Crippen LogP contribution in [0.4, 0.5) is 0 Å². The Balaban J connectivity index is 2.38. The van der Waals surface area contributed by atoms with Gasteiger partial charge in [-0.05, 0) is 12.0 Å². The van der Waals surface area contributed by atoms with Gasteiger partial charge in [0.1, 0.15) is 15.7 Å². The Labute approximate surface area is 103 Å². The molecule has 0 bridgehead atoms. The molecule has 0 aliphatic carbocycles. The van der Waals surface area contributed by atoms with Crippen molar-refractivity contribution < 1.29 is 0 Å². The lowest BCUT2D eigenvalue weighted by atomic mass is 9.79. The van der Waals surface area contributed by atoms with Gasteiger partial charge in [-0.25, -0.2) is 0 Å². The lowest BCUT2D eigenvalue weighted by Crippen LogP contribution is -2.43. The van der Waals surface area contributed by atoms with Crippen molar-refractivity contribution in [3.05, 3.63) is 23.8 Å². The number of nitrogens with two attached hydrogens (primary N) is 1. The van der Waals surface area contributed by atoms with Gasteiger partial charge in [-0.2, -0.15) is 0 Å². The van der Waals surface area contributed by atoms with E-state index in [1.165, 1.54) is 16.5 Å². The summed E-state index contributed by atoms with van der Waals surface area (Å²) >= 11 is 0. The number of benzene rings is 1. The van der Waals surface area contributed by atoms with Gasteiger partial charge in [0.05, 0.1) is 0 Å². The van der Waals surface area contributed by atoms with Gasteiger partial charge in [0.2, 0.25) is 0 Å². The zero-order valence-corrected chi connectivity index (χ0v) is 10.2. The van der Waals surface area contributed by atoms with Crippen molar-refractivity contribution in [2.45, 2.75) is 6.42 Å². The number of hydrogen-bond acceptors (Lipinski definition) is 2. The molecule has 0 aliphatic heterocycles. The van der Waals surface area contributed by atoms with Crippen LogP contribution >= 0.6 is 0 Å². The molecule has 0 saturated carbocycles. The zero-order valence-electron chi connectivity index (χ0n) is 10.2. The first-order valence-corrected chi connectivity index (χ1v) is 5.48. The van der Waals surface area contributed by atoms with E-state index in [0.717, 1.165) is 6.42 Å². The molecular formula is C10H17B2N5. The summed E-state index contributed by atoms with van der Waals surface area (Å²) in [6, 6.07) is 6.34. The third-order valence-corrected chi connectivity index (χ3v) is 2.55. The second kappa shape index (κ2) is 5.98. The van der Waals surface area contributed by atoms with Crippen molar-refractivity contribution in [2.24, 2.45) is 5.73 Å². The Morgan fingerprint density at radius 1 is 1.24 bits per heavy atom. The SMILES string of the molecule is Bc1ccc(CCNC(=N)NC(=N)N)cc1B. The highest BCUT2D eigenvalue weighted by Gasteiger charge is 1.98. The minimum Gasteiger partial charge on any atom is -0.370 e. The monoisotopic (exact) mass is 229 g/mol. The molecule has 0 saturated heterocycles. The molecule has 1 rings (SSSR count). The predicted octanol–water partition coefficient (Wildman–Crippen LogP) is -3.25. The summed E-state index contributed by atoms with van der Waals surface area (Å²) in [7, 11) is 4.18. The van der Waals surface area contributed by atoms with Crippen molar-refractivity contribution >= 4 is 38.5 Å². The Morgan fingerprint density at radius 2 is 1.94 bits per heavy atom. The van der Waals surface area contributed by atoms with Crippen LogP contribution in [0.15, 0.2) is 18.2 Å². The summed E-state index contributed by atoms with van der Waals surface area (Å²) < 4.78 is 0. The van der Waals surface area contributed by atoms with Gasteiger partial charge in [-0.1, -0.05) is 29.1 Å². The molecule has 88 valence electrons. The van der Waals surface area contributed by atoms with Crippen LogP contribution < -0.4 is 27.3 Å². The van der Waals surface area contributed by atoms with Crippen LogP contribution in [0.25, 0.3) is 0 Å².